The van der Waals surface area contributed by atoms with Gasteiger partial charge < -0.3 is 10.4 Å². The van der Waals surface area contributed by atoms with E-state index in [1.165, 1.54) is 0 Å². The molecule has 21 heavy (non-hydrogen) atoms. The molecule has 2 aromatic rings. The summed E-state index contributed by atoms with van der Waals surface area (Å²) in [5.41, 5.74) is 1.12. The highest BCUT2D eigenvalue weighted by Gasteiger charge is 2.15. The zero-order valence-electron chi connectivity index (χ0n) is 11.0. The summed E-state index contributed by atoms with van der Waals surface area (Å²) in [6.45, 7) is 1.89. The Labute approximate surface area is 128 Å². The van der Waals surface area contributed by atoms with E-state index in [-0.39, 0.29) is 17.1 Å². The van der Waals surface area contributed by atoms with Crippen LogP contribution in [0.1, 0.15) is 15.9 Å². The van der Waals surface area contributed by atoms with Gasteiger partial charge in [0.25, 0.3) is 11.6 Å². The first-order valence-electron chi connectivity index (χ1n) is 5.93. The Morgan fingerprint density at radius 1 is 1.29 bits per heavy atom. The van der Waals surface area contributed by atoms with E-state index in [0.717, 1.165) is 23.8 Å². The maximum Gasteiger partial charge on any atom is 0.271 e. The standard InChI is InChI=1S/C14H11BrN2O4/c1-8-2-4-10(11(15)6-8)14(19)16-12-7-9(17(20)21)3-5-13(12)18/h2-7,18H,1H3,(H,16,19). The molecule has 1 amide bonds. The van der Waals surface area contributed by atoms with Gasteiger partial charge in [-0.3, -0.25) is 14.9 Å². The lowest BCUT2D eigenvalue weighted by atomic mass is 10.1. The fourth-order valence-corrected chi connectivity index (χ4v) is 2.40. The fraction of sp³-hybridized carbons (Fsp3) is 0.0714. The minimum atomic E-state index is -0.600. The molecule has 2 aromatic carbocycles. The van der Waals surface area contributed by atoms with E-state index >= 15 is 0 Å². The first-order valence-corrected chi connectivity index (χ1v) is 6.72. The summed E-state index contributed by atoms with van der Waals surface area (Å²) in [6.07, 6.45) is 0. The summed E-state index contributed by atoms with van der Waals surface area (Å²) in [4.78, 5) is 22.3. The third-order valence-electron chi connectivity index (χ3n) is 2.81. The summed E-state index contributed by atoms with van der Waals surface area (Å²) >= 11 is 3.29. The number of anilines is 1. The number of phenols is 1. The van der Waals surface area contributed by atoms with Crippen molar-refractivity contribution in [3.8, 4) is 5.75 Å². The van der Waals surface area contributed by atoms with Gasteiger partial charge in [-0.1, -0.05) is 6.07 Å². The second-order valence-corrected chi connectivity index (χ2v) is 5.25. The lowest BCUT2D eigenvalue weighted by Gasteiger charge is -2.09. The number of nitro benzene ring substituents is 1. The van der Waals surface area contributed by atoms with E-state index in [9.17, 15) is 20.0 Å². The van der Waals surface area contributed by atoms with Crippen LogP contribution in [-0.4, -0.2) is 15.9 Å². The van der Waals surface area contributed by atoms with E-state index < -0.39 is 10.8 Å². The fourth-order valence-electron chi connectivity index (χ4n) is 1.73. The highest BCUT2D eigenvalue weighted by Crippen LogP contribution is 2.29. The predicted octanol–water partition coefficient (Wildman–Crippen LogP) is 3.62. The topological polar surface area (TPSA) is 92.5 Å². The van der Waals surface area contributed by atoms with Gasteiger partial charge in [-0.05, 0) is 46.6 Å². The van der Waals surface area contributed by atoms with Crippen LogP contribution in [-0.2, 0) is 0 Å². The number of nitrogens with zero attached hydrogens (tertiary/aromatic N) is 1. The van der Waals surface area contributed by atoms with Crippen molar-refractivity contribution >= 4 is 33.2 Å². The molecule has 0 aliphatic heterocycles. The number of amides is 1. The quantitative estimate of drug-likeness (QED) is 0.502. The number of halogens is 1. The van der Waals surface area contributed by atoms with E-state index in [1.54, 1.807) is 18.2 Å². The van der Waals surface area contributed by atoms with Gasteiger partial charge in [-0.25, -0.2) is 0 Å². The van der Waals surface area contributed by atoms with Gasteiger partial charge in [-0.15, -0.1) is 0 Å². The van der Waals surface area contributed by atoms with Gasteiger partial charge in [0.05, 0.1) is 16.2 Å². The van der Waals surface area contributed by atoms with Crippen LogP contribution in [0.2, 0.25) is 0 Å². The summed E-state index contributed by atoms with van der Waals surface area (Å²) in [5.74, 6) is -0.713. The summed E-state index contributed by atoms with van der Waals surface area (Å²) in [5, 5.41) is 22.9. The van der Waals surface area contributed by atoms with Crippen LogP contribution in [0, 0.1) is 17.0 Å². The summed E-state index contributed by atoms with van der Waals surface area (Å²) < 4.78 is 0.602. The minimum absolute atomic E-state index is 0.0123. The summed E-state index contributed by atoms with van der Waals surface area (Å²) in [7, 11) is 0. The Morgan fingerprint density at radius 2 is 2.00 bits per heavy atom. The van der Waals surface area contributed by atoms with Crippen molar-refractivity contribution in [3.63, 3.8) is 0 Å². The third kappa shape index (κ3) is 3.38. The van der Waals surface area contributed by atoms with E-state index in [1.807, 2.05) is 6.92 Å². The molecule has 7 heteroatoms. The van der Waals surface area contributed by atoms with Crippen LogP contribution in [0.5, 0.6) is 5.75 Å². The molecule has 0 heterocycles. The average molecular weight is 351 g/mol. The molecule has 0 fully saturated rings. The van der Waals surface area contributed by atoms with Crippen LogP contribution in [0.3, 0.4) is 0 Å². The van der Waals surface area contributed by atoms with Crippen LogP contribution in [0.25, 0.3) is 0 Å². The Hall–Kier alpha value is -2.41. The Morgan fingerprint density at radius 3 is 2.62 bits per heavy atom. The SMILES string of the molecule is Cc1ccc(C(=O)Nc2cc([N+](=O)[O-])ccc2O)c(Br)c1. The van der Waals surface area contributed by atoms with Gasteiger partial charge in [0.1, 0.15) is 5.75 Å². The largest absolute Gasteiger partial charge is 0.506 e. The van der Waals surface area contributed by atoms with E-state index in [0.29, 0.717) is 10.0 Å². The maximum absolute atomic E-state index is 12.2. The molecule has 108 valence electrons. The second kappa shape index (κ2) is 5.92. The predicted molar refractivity (Wildman–Crippen MR) is 81.6 cm³/mol. The zero-order valence-corrected chi connectivity index (χ0v) is 12.5. The monoisotopic (exact) mass is 350 g/mol. The smallest absolute Gasteiger partial charge is 0.271 e. The van der Waals surface area contributed by atoms with E-state index in [2.05, 4.69) is 21.2 Å². The molecule has 0 aliphatic carbocycles. The first-order chi connectivity index (χ1) is 9.88. The molecule has 2 N–H and O–H groups in total. The molecule has 0 aromatic heterocycles. The molecule has 0 radical (unpaired) electrons. The first kappa shape index (κ1) is 15.0. The lowest BCUT2D eigenvalue weighted by molar-refractivity contribution is -0.384. The number of nitro groups is 1. The number of hydrogen-bond donors (Lipinski definition) is 2. The highest BCUT2D eigenvalue weighted by molar-refractivity contribution is 9.10. The molecule has 0 atom stereocenters. The van der Waals surface area contributed by atoms with Crippen molar-refractivity contribution in [2.45, 2.75) is 6.92 Å². The van der Waals surface area contributed by atoms with Crippen molar-refractivity contribution in [3.05, 3.63) is 62.1 Å². The summed E-state index contributed by atoms with van der Waals surface area (Å²) in [6, 6.07) is 8.61. The highest BCUT2D eigenvalue weighted by atomic mass is 79.9. The molecular formula is C14H11BrN2O4. The number of rotatable bonds is 3. The van der Waals surface area contributed by atoms with Crippen LogP contribution in [0.4, 0.5) is 11.4 Å². The Bertz CT molecular complexity index is 731. The molecule has 0 bridgehead atoms. The second-order valence-electron chi connectivity index (χ2n) is 4.40. The minimum Gasteiger partial charge on any atom is -0.506 e. The van der Waals surface area contributed by atoms with Crippen molar-refractivity contribution in [1.29, 1.82) is 0 Å². The maximum atomic E-state index is 12.2. The zero-order chi connectivity index (χ0) is 15.6. The molecule has 0 saturated carbocycles. The number of nitrogens with one attached hydrogen (secondary N) is 1. The number of aryl methyl sites for hydroxylation is 1. The Balaban J connectivity index is 2.31. The van der Waals surface area contributed by atoms with Crippen molar-refractivity contribution in [2.75, 3.05) is 5.32 Å². The number of non-ortho nitro benzene ring substituents is 1. The van der Waals surface area contributed by atoms with Gasteiger partial charge in [0.2, 0.25) is 0 Å². The van der Waals surface area contributed by atoms with Crippen LogP contribution >= 0.6 is 15.9 Å². The van der Waals surface area contributed by atoms with Gasteiger partial charge in [-0.2, -0.15) is 0 Å². The number of phenolic OH excluding ortho intramolecular Hbond substituents is 1. The molecular weight excluding hydrogens is 340 g/mol. The number of carbonyl (C=O) groups is 1. The van der Waals surface area contributed by atoms with Gasteiger partial charge >= 0.3 is 0 Å². The average Bonchev–Trinajstić information content (AvgIpc) is 2.40. The van der Waals surface area contributed by atoms with E-state index in [4.69, 9.17) is 0 Å². The third-order valence-corrected chi connectivity index (χ3v) is 3.46. The van der Waals surface area contributed by atoms with Crippen molar-refractivity contribution < 1.29 is 14.8 Å². The molecule has 2 rings (SSSR count). The van der Waals surface area contributed by atoms with Crippen LogP contribution in [0.15, 0.2) is 40.9 Å². The molecule has 0 spiro atoms. The normalized spacial score (nSPS) is 10.2. The lowest BCUT2D eigenvalue weighted by Crippen LogP contribution is -2.13. The Kier molecular flexibility index (Phi) is 4.23. The van der Waals surface area contributed by atoms with Crippen molar-refractivity contribution in [1.82, 2.24) is 0 Å². The van der Waals surface area contributed by atoms with Gasteiger partial charge in [0.15, 0.2) is 0 Å². The number of benzene rings is 2. The number of aromatic hydroxyl groups is 1. The number of hydrogen-bond acceptors (Lipinski definition) is 4. The van der Waals surface area contributed by atoms with Crippen LogP contribution < -0.4 is 5.32 Å². The molecule has 6 nitrogen and oxygen atoms in total. The van der Waals surface area contributed by atoms with Crippen molar-refractivity contribution in [2.24, 2.45) is 0 Å². The molecule has 0 saturated heterocycles. The molecule has 0 aliphatic rings. The molecule has 0 unspecified atom stereocenters. The number of carbonyl (C=O) groups excluding carboxylic acids is 1. The van der Waals surface area contributed by atoms with Gasteiger partial charge in [0, 0.05) is 16.6 Å².